The second kappa shape index (κ2) is 6.77. The highest BCUT2D eigenvalue weighted by Crippen LogP contribution is 2.32. The molecule has 118 valence electrons. The fourth-order valence-corrected chi connectivity index (χ4v) is 5.58. The molecule has 0 bridgehead atoms. The number of halogens is 1. The van der Waals surface area contributed by atoms with Crippen molar-refractivity contribution in [3.63, 3.8) is 0 Å². The molecular formula is C15H23BrN2O2S. The standard InChI is InChI=1S/C15H23BrN2O2S/c1-11-8-13(10-17)9-14(15(11)16)21(19,20)18-7-5-3-4-6-12(18)2/h8-9,12H,3-7,10,17H2,1-2H3. The van der Waals surface area contributed by atoms with Crippen LogP contribution in [-0.4, -0.2) is 25.3 Å². The Kier molecular flexibility index (Phi) is 5.46. The lowest BCUT2D eigenvalue weighted by Gasteiger charge is -2.27. The van der Waals surface area contributed by atoms with Gasteiger partial charge in [-0.3, -0.25) is 0 Å². The summed E-state index contributed by atoms with van der Waals surface area (Å²) in [6, 6.07) is 3.67. The SMILES string of the molecule is Cc1cc(CN)cc(S(=O)(=O)N2CCCCCC2C)c1Br. The molecule has 2 N–H and O–H groups in total. The lowest BCUT2D eigenvalue weighted by atomic mass is 10.1. The van der Waals surface area contributed by atoms with Gasteiger partial charge in [0, 0.05) is 23.6 Å². The fourth-order valence-electron chi connectivity index (χ4n) is 2.85. The van der Waals surface area contributed by atoms with Crippen LogP contribution in [0.4, 0.5) is 0 Å². The van der Waals surface area contributed by atoms with Crippen molar-refractivity contribution >= 4 is 26.0 Å². The lowest BCUT2D eigenvalue weighted by Crippen LogP contribution is -2.38. The Bertz CT molecular complexity index is 616. The maximum absolute atomic E-state index is 13.0. The van der Waals surface area contributed by atoms with E-state index in [4.69, 9.17) is 5.73 Å². The van der Waals surface area contributed by atoms with Gasteiger partial charge in [-0.2, -0.15) is 4.31 Å². The average Bonchev–Trinajstić information content (AvgIpc) is 2.66. The minimum absolute atomic E-state index is 0.0474. The zero-order valence-electron chi connectivity index (χ0n) is 12.6. The Morgan fingerprint density at radius 1 is 1.33 bits per heavy atom. The second-order valence-corrected chi connectivity index (χ2v) is 8.40. The first-order chi connectivity index (χ1) is 9.87. The molecule has 1 unspecified atom stereocenters. The van der Waals surface area contributed by atoms with E-state index < -0.39 is 10.0 Å². The van der Waals surface area contributed by atoms with Crippen LogP contribution in [0.15, 0.2) is 21.5 Å². The average molecular weight is 375 g/mol. The van der Waals surface area contributed by atoms with Crippen molar-refractivity contribution in [3.8, 4) is 0 Å². The van der Waals surface area contributed by atoms with Crippen LogP contribution < -0.4 is 5.73 Å². The minimum atomic E-state index is -3.49. The quantitative estimate of drug-likeness (QED) is 0.883. The van der Waals surface area contributed by atoms with Crippen LogP contribution in [-0.2, 0) is 16.6 Å². The largest absolute Gasteiger partial charge is 0.326 e. The van der Waals surface area contributed by atoms with Crippen LogP contribution in [0.1, 0.15) is 43.7 Å². The summed E-state index contributed by atoms with van der Waals surface area (Å²) in [4.78, 5) is 0.344. The summed E-state index contributed by atoms with van der Waals surface area (Å²) in [5.41, 5.74) is 7.43. The normalized spacial score (nSPS) is 21.2. The van der Waals surface area contributed by atoms with Crippen LogP contribution in [0, 0.1) is 6.92 Å². The second-order valence-electron chi connectivity index (χ2n) is 5.74. The van der Waals surface area contributed by atoms with Crippen molar-refractivity contribution in [2.75, 3.05) is 6.54 Å². The summed E-state index contributed by atoms with van der Waals surface area (Å²) >= 11 is 3.44. The highest BCUT2D eigenvalue weighted by molar-refractivity contribution is 9.10. The number of nitrogens with two attached hydrogens (primary N) is 1. The molecule has 0 saturated carbocycles. The molecule has 21 heavy (non-hydrogen) atoms. The molecule has 1 aromatic rings. The predicted octanol–water partition coefficient (Wildman–Crippen LogP) is 3.17. The lowest BCUT2D eigenvalue weighted by molar-refractivity contribution is 0.342. The fraction of sp³-hybridized carbons (Fsp3) is 0.600. The first-order valence-corrected chi connectivity index (χ1v) is 9.62. The highest BCUT2D eigenvalue weighted by Gasteiger charge is 2.32. The summed E-state index contributed by atoms with van der Waals surface area (Å²) < 4.78 is 28.4. The Hall–Kier alpha value is -0.430. The molecule has 0 aromatic heterocycles. The molecule has 6 heteroatoms. The van der Waals surface area contributed by atoms with E-state index in [0.29, 0.717) is 22.5 Å². The van der Waals surface area contributed by atoms with Gasteiger partial charge in [-0.25, -0.2) is 8.42 Å². The first kappa shape index (κ1) is 16.9. The third kappa shape index (κ3) is 3.50. The van der Waals surface area contributed by atoms with Crippen molar-refractivity contribution in [1.82, 2.24) is 4.31 Å². The van der Waals surface area contributed by atoms with Crippen molar-refractivity contribution < 1.29 is 8.42 Å². The number of sulfonamides is 1. The molecule has 1 aromatic carbocycles. The van der Waals surface area contributed by atoms with Gasteiger partial charge in [-0.05, 0) is 59.8 Å². The first-order valence-electron chi connectivity index (χ1n) is 7.39. The number of aryl methyl sites for hydroxylation is 1. The monoisotopic (exact) mass is 374 g/mol. The van der Waals surface area contributed by atoms with Crippen molar-refractivity contribution in [3.05, 3.63) is 27.7 Å². The van der Waals surface area contributed by atoms with E-state index in [-0.39, 0.29) is 6.04 Å². The van der Waals surface area contributed by atoms with Gasteiger partial charge in [0.2, 0.25) is 10.0 Å². The zero-order chi connectivity index (χ0) is 15.6. The summed E-state index contributed by atoms with van der Waals surface area (Å²) in [5, 5.41) is 0. The van der Waals surface area contributed by atoms with E-state index in [2.05, 4.69) is 15.9 Å². The van der Waals surface area contributed by atoms with Crippen molar-refractivity contribution in [2.45, 2.75) is 57.0 Å². The van der Waals surface area contributed by atoms with E-state index in [1.54, 1.807) is 10.4 Å². The van der Waals surface area contributed by atoms with Gasteiger partial charge >= 0.3 is 0 Å². The van der Waals surface area contributed by atoms with Crippen LogP contribution in [0.2, 0.25) is 0 Å². The number of nitrogens with zero attached hydrogens (tertiary/aromatic N) is 1. The van der Waals surface area contributed by atoms with E-state index in [1.807, 2.05) is 19.9 Å². The molecule has 1 heterocycles. The minimum Gasteiger partial charge on any atom is -0.326 e. The molecule has 0 spiro atoms. The highest BCUT2D eigenvalue weighted by atomic mass is 79.9. The number of benzene rings is 1. The number of hydrogen-bond acceptors (Lipinski definition) is 3. The molecule has 1 saturated heterocycles. The predicted molar refractivity (Wildman–Crippen MR) is 88.6 cm³/mol. The van der Waals surface area contributed by atoms with Crippen LogP contribution in [0.25, 0.3) is 0 Å². The van der Waals surface area contributed by atoms with E-state index >= 15 is 0 Å². The molecule has 1 aliphatic rings. The van der Waals surface area contributed by atoms with Gasteiger partial charge in [-0.1, -0.05) is 18.9 Å². The van der Waals surface area contributed by atoms with Gasteiger partial charge in [0.1, 0.15) is 0 Å². The molecule has 1 aliphatic heterocycles. The maximum atomic E-state index is 13.0. The molecular weight excluding hydrogens is 352 g/mol. The summed E-state index contributed by atoms with van der Waals surface area (Å²) in [7, 11) is -3.49. The van der Waals surface area contributed by atoms with Crippen LogP contribution >= 0.6 is 15.9 Å². The van der Waals surface area contributed by atoms with Gasteiger partial charge in [0.05, 0.1) is 4.90 Å². The van der Waals surface area contributed by atoms with Gasteiger partial charge < -0.3 is 5.73 Å². The maximum Gasteiger partial charge on any atom is 0.244 e. The third-order valence-corrected chi connectivity index (χ3v) is 7.45. The van der Waals surface area contributed by atoms with E-state index in [0.717, 1.165) is 36.8 Å². The van der Waals surface area contributed by atoms with Crippen molar-refractivity contribution in [1.29, 1.82) is 0 Å². The third-order valence-electron chi connectivity index (χ3n) is 4.10. The zero-order valence-corrected chi connectivity index (χ0v) is 15.0. The Balaban J connectivity index is 2.50. The Morgan fingerprint density at radius 3 is 2.71 bits per heavy atom. The Labute approximate surface area is 135 Å². The topological polar surface area (TPSA) is 63.4 Å². The molecule has 0 aliphatic carbocycles. The number of hydrogen-bond donors (Lipinski definition) is 1. The summed E-state index contributed by atoms with van der Waals surface area (Å²) in [6.45, 7) is 4.83. The molecule has 0 amide bonds. The van der Waals surface area contributed by atoms with Gasteiger partial charge in [-0.15, -0.1) is 0 Å². The van der Waals surface area contributed by atoms with E-state index in [1.165, 1.54) is 0 Å². The molecule has 0 radical (unpaired) electrons. The molecule has 2 rings (SSSR count). The van der Waals surface area contributed by atoms with Crippen molar-refractivity contribution in [2.24, 2.45) is 5.73 Å². The molecule has 1 atom stereocenters. The summed E-state index contributed by atoms with van der Waals surface area (Å²) in [5.74, 6) is 0. The van der Waals surface area contributed by atoms with Crippen LogP contribution in [0.5, 0.6) is 0 Å². The molecule has 1 fully saturated rings. The van der Waals surface area contributed by atoms with Crippen LogP contribution in [0.3, 0.4) is 0 Å². The summed E-state index contributed by atoms with van der Waals surface area (Å²) in [6.07, 6.45) is 4.04. The van der Waals surface area contributed by atoms with Gasteiger partial charge in [0.15, 0.2) is 0 Å². The smallest absolute Gasteiger partial charge is 0.244 e. The molecule has 4 nitrogen and oxygen atoms in total. The Morgan fingerprint density at radius 2 is 2.05 bits per heavy atom. The van der Waals surface area contributed by atoms with E-state index in [9.17, 15) is 8.42 Å². The number of rotatable bonds is 3. The van der Waals surface area contributed by atoms with Gasteiger partial charge in [0.25, 0.3) is 0 Å².